The second-order valence-electron chi connectivity index (χ2n) is 4.52. The molecule has 3 rings (SSSR count). The highest BCUT2D eigenvalue weighted by Gasteiger charge is 2.16. The number of phenols is 1. The fourth-order valence-corrected chi connectivity index (χ4v) is 2.17. The van der Waals surface area contributed by atoms with E-state index in [0.717, 1.165) is 18.8 Å². The Morgan fingerprint density at radius 1 is 1.30 bits per heavy atom. The smallest absolute Gasteiger partial charge is 0.240 e. The molecule has 1 saturated heterocycles. The lowest BCUT2D eigenvalue weighted by atomic mass is 10.1. The first-order valence-corrected chi connectivity index (χ1v) is 6.46. The van der Waals surface area contributed by atoms with Gasteiger partial charge in [0.05, 0.1) is 25.3 Å². The van der Waals surface area contributed by atoms with E-state index >= 15 is 0 Å². The Kier molecular flexibility index (Phi) is 3.53. The minimum absolute atomic E-state index is 0.117. The number of benzene rings is 1. The summed E-state index contributed by atoms with van der Waals surface area (Å²) in [7, 11) is 0. The molecular weight excluding hydrogens is 260 g/mol. The Labute approximate surface area is 115 Å². The molecule has 1 aromatic heterocycles. The van der Waals surface area contributed by atoms with Crippen molar-refractivity contribution < 1.29 is 14.4 Å². The molecule has 1 aliphatic rings. The third kappa shape index (κ3) is 2.45. The van der Waals surface area contributed by atoms with E-state index in [4.69, 9.17) is 15.0 Å². The molecule has 1 aromatic carbocycles. The van der Waals surface area contributed by atoms with Crippen LogP contribution in [0.2, 0.25) is 0 Å². The number of hydrogen-bond acceptors (Lipinski definition) is 7. The molecule has 0 amide bonds. The lowest BCUT2D eigenvalue weighted by Crippen LogP contribution is -2.36. The second-order valence-corrected chi connectivity index (χ2v) is 4.52. The Morgan fingerprint density at radius 3 is 2.80 bits per heavy atom. The average molecular weight is 276 g/mol. The van der Waals surface area contributed by atoms with E-state index in [9.17, 15) is 5.11 Å². The van der Waals surface area contributed by atoms with Gasteiger partial charge in [0.1, 0.15) is 5.75 Å². The van der Waals surface area contributed by atoms with E-state index in [1.165, 1.54) is 0 Å². The Bertz CT molecular complexity index is 593. The molecule has 20 heavy (non-hydrogen) atoms. The minimum atomic E-state index is 0.117. The molecule has 2 aromatic rings. The van der Waals surface area contributed by atoms with Gasteiger partial charge in [-0.25, -0.2) is 0 Å². The molecule has 7 heteroatoms. The summed E-state index contributed by atoms with van der Waals surface area (Å²) in [6.45, 7) is 3.23. The average Bonchev–Trinajstić information content (AvgIpc) is 2.97. The summed E-state index contributed by atoms with van der Waals surface area (Å²) in [5.74, 6) is 0.806. The molecular formula is C13H16N4O3. The van der Waals surface area contributed by atoms with Gasteiger partial charge in [-0.15, -0.1) is 0 Å². The number of morpholine rings is 1. The van der Waals surface area contributed by atoms with Gasteiger partial charge in [0.25, 0.3) is 0 Å². The van der Waals surface area contributed by atoms with Gasteiger partial charge in [0.15, 0.2) is 0 Å². The zero-order valence-electron chi connectivity index (χ0n) is 11.0. The van der Waals surface area contributed by atoms with Crippen LogP contribution in [0.1, 0.15) is 5.89 Å². The van der Waals surface area contributed by atoms with Crippen molar-refractivity contribution in [3.63, 3.8) is 0 Å². The summed E-state index contributed by atoms with van der Waals surface area (Å²) in [6, 6.07) is 5.36. The number of phenolic OH excluding ortho intramolecular Hbond substituents is 1. The van der Waals surface area contributed by atoms with Crippen molar-refractivity contribution in [3.05, 3.63) is 24.1 Å². The molecule has 0 radical (unpaired) electrons. The summed E-state index contributed by atoms with van der Waals surface area (Å²) in [4.78, 5) is 6.33. The monoisotopic (exact) mass is 276 g/mol. The number of aromatic nitrogens is 2. The molecule has 0 spiro atoms. The van der Waals surface area contributed by atoms with Crippen molar-refractivity contribution in [3.8, 4) is 17.1 Å². The number of nitrogens with two attached hydrogens (primary N) is 1. The van der Waals surface area contributed by atoms with E-state index in [0.29, 0.717) is 30.5 Å². The van der Waals surface area contributed by atoms with Crippen LogP contribution >= 0.6 is 0 Å². The van der Waals surface area contributed by atoms with Crippen LogP contribution in [0.4, 0.5) is 5.69 Å². The highest BCUT2D eigenvalue weighted by molar-refractivity contribution is 5.69. The maximum Gasteiger partial charge on any atom is 0.240 e. The van der Waals surface area contributed by atoms with E-state index < -0.39 is 0 Å². The quantitative estimate of drug-likeness (QED) is 0.853. The van der Waals surface area contributed by atoms with Crippen LogP contribution < -0.4 is 10.6 Å². The summed E-state index contributed by atoms with van der Waals surface area (Å²) in [5, 5.41) is 13.8. The maximum absolute atomic E-state index is 9.97. The Hall–Kier alpha value is -2.12. The molecule has 0 unspecified atom stereocenters. The molecule has 0 saturated carbocycles. The van der Waals surface area contributed by atoms with Crippen molar-refractivity contribution in [2.75, 3.05) is 31.2 Å². The van der Waals surface area contributed by atoms with E-state index in [2.05, 4.69) is 15.0 Å². The highest BCUT2D eigenvalue weighted by Crippen LogP contribution is 2.31. The Balaban J connectivity index is 1.93. The standard InChI is InChI=1S/C13H16N4O3/c14-8-12-15-13(16-20-12)10-7-9(1-2-11(10)18)17-3-5-19-6-4-17/h1-2,7,18H,3-6,8,14H2. The zero-order chi connectivity index (χ0) is 13.9. The lowest BCUT2D eigenvalue weighted by Gasteiger charge is -2.29. The Morgan fingerprint density at radius 2 is 2.10 bits per heavy atom. The van der Waals surface area contributed by atoms with Crippen LogP contribution in [-0.4, -0.2) is 41.6 Å². The van der Waals surface area contributed by atoms with E-state index in [1.54, 1.807) is 6.07 Å². The summed E-state index contributed by atoms with van der Waals surface area (Å²) in [6.07, 6.45) is 0. The number of hydrogen-bond donors (Lipinski definition) is 2. The second kappa shape index (κ2) is 5.48. The van der Waals surface area contributed by atoms with Gasteiger partial charge < -0.3 is 25.0 Å². The minimum Gasteiger partial charge on any atom is -0.507 e. The van der Waals surface area contributed by atoms with Crippen LogP contribution in [0.25, 0.3) is 11.4 Å². The van der Waals surface area contributed by atoms with Gasteiger partial charge >= 0.3 is 0 Å². The SMILES string of the molecule is NCc1nc(-c2cc(N3CCOCC3)ccc2O)no1. The topological polar surface area (TPSA) is 97.6 Å². The first-order chi connectivity index (χ1) is 9.78. The van der Waals surface area contributed by atoms with Crippen LogP contribution in [0.3, 0.4) is 0 Å². The van der Waals surface area contributed by atoms with E-state index in [-0.39, 0.29) is 12.3 Å². The van der Waals surface area contributed by atoms with Crippen LogP contribution in [-0.2, 0) is 11.3 Å². The molecule has 106 valence electrons. The molecule has 1 aliphatic heterocycles. The molecule has 7 nitrogen and oxygen atoms in total. The normalized spacial score (nSPS) is 15.6. The first-order valence-electron chi connectivity index (χ1n) is 6.46. The zero-order valence-corrected chi connectivity index (χ0v) is 11.0. The van der Waals surface area contributed by atoms with Gasteiger partial charge in [0.2, 0.25) is 11.7 Å². The number of nitrogens with zero attached hydrogens (tertiary/aromatic N) is 3. The third-order valence-electron chi connectivity index (χ3n) is 3.24. The third-order valence-corrected chi connectivity index (χ3v) is 3.24. The molecule has 2 heterocycles. The van der Waals surface area contributed by atoms with Crippen molar-refractivity contribution in [2.24, 2.45) is 5.73 Å². The maximum atomic E-state index is 9.97. The van der Waals surface area contributed by atoms with Crippen LogP contribution in [0.15, 0.2) is 22.7 Å². The predicted octanol–water partition coefficient (Wildman–Crippen LogP) is 0.737. The van der Waals surface area contributed by atoms with Gasteiger partial charge in [-0.2, -0.15) is 4.98 Å². The van der Waals surface area contributed by atoms with Gasteiger partial charge in [-0.3, -0.25) is 0 Å². The number of anilines is 1. The van der Waals surface area contributed by atoms with Gasteiger partial charge in [-0.05, 0) is 18.2 Å². The number of rotatable bonds is 3. The van der Waals surface area contributed by atoms with Crippen molar-refractivity contribution in [1.29, 1.82) is 0 Å². The molecule has 0 aliphatic carbocycles. The number of aromatic hydroxyl groups is 1. The fraction of sp³-hybridized carbons (Fsp3) is 0.385. The molecule has 1 fully saturated rings. The summed E-state index contributed by atoms with van der Waals surface area (Å²) >= 11 is 0. The highest BCUT2D eigenvalue weighted by atomic mass is 16.5. The van der Waals surface area contributed by atoms with E-state index in [1.807, 2.05) is 12.1 Å². The van der Waals surface area contributed by atoms with Crippen molar-refractivity contribution >= 4 is 5.69 Å². The summed E-state index contributed by atoms with van der Waals surface area (Å²) < 4.78 is 10.3. The van der Waals surface area contributed by atoms with Gasteiger partial charge in [-0.1, -0.05) is 5.16 Å². The number of ether oxygens (including phenoxy) is 1. The summed E-state index contributed by atoms with van der Waals surface area (Å²) in [5.41, 5.74) is 6.98. The molecule has 3 N–H and O–H groups in total. The van der Waals surface area contributed by atoms with Crippen LogP contribution in [0, 0.1) is 0 Å². The lowest BCUT2D eigenvalue weighted by molar-refractivity contribution is 0.122. The predicted molar refractivity (Wildman–Crippen MR) is 72.3 cm³/mol. The van der Waals surface area contributed by atoms with Crippen LogP contribution in [0.5, 0.6) is 5.75 Å². The largest absolute Gasteiger partial charge is 0.507 e. The fourth-order valence-electron chi connectivity index (χ4n) is 2.17. The molecule has 0 atom stereocenters. The first kappa shape index (κ1) is 12.9. The van der Waals surface area contributed by atoms with Crippen molar-refractivity contribution in [2.45, 2.75) is 6.54 Å². The molecule has 0 bridgehead atoms. The van der Waals surface area contributed by atoms with Crippen molar-refractivity contribution in [1.82, 2.24) is 10.1 Å². The van der Waals surface area contributed by atoms with Gasteiger partial charge in [0, 0.05) is 18.8 Å².